The van der Waals surface area contributed by atoms with E-state index in [0.29, 0.717) is 0 Å². The molecule has 1 aromatic carbocycles. The van der Waals surface area contributed by atoms with E-state index in [9.17, 15) is 0 Å². The second-order valence-electron chi connectivity index (χ2n) is 4.62. The van der Waals surface area contributed by atoms with Gasteiger partial charge in [0.1, 0.15) is 0 Å². The maximum absolute atomic E-state index is 2.56. The monoisotopic (exact) mass is 248 g/mol. The van der Waals surface area contributed by atoms with Crippen molar-refractivity contribution in [1.82, 2.24) is 4.90 Å². The first kappa shape index (κ1) is 15.0. The van der Waals surface area contributed by atoms with E-state index in [1.165, 1.54) is 50.4 Å². The fraction of sp³-hybridized carbons (Fsp3) is 0.625. The fourth-order valence-corrected chi connectivity index (χ4v) is 2.45. The molecule has 0 N–H and O–H groups in total. The number of hydrogen-bond acceptors (Lipinski definition) is 2. The quantitative estimate of drug-likeness (QED) is 0.807. The number of aryl methyl sites for hydroxylation is 1. The first-order chi connectivity index (χ1) is 8.81. The van der Waals surface area contributed by atoms with Crippen LogP contribution in [0.15, 0.2) is 24.3 Å². The summed E-state index contributed by atoms with van der Waals surface area (Å²) in [5.74, 6) is 0. The maximum Gasteiger partial charge on any atom is 0.0396 e. The van der Waals surface area contributed by atoms with Crippen LogP contribution in [0.2, 0.25) is 0 Å². The van der Waals surface area contributed by atoms with Crippen LogP contribution in [-0.2, 0) is 0 Å². The Labute approximate surface area is 113 Å². The molecule has 2 heteroatoms. The minimum absolute atomic E-state index is 1.17. The van der Waals surface area contributed by atoms with Crippen LogP contribution < -0.4 is 4.90 Å². The van der Waals surface area contributed by atoms with Gasteiger partial charge in [0.25, 0.3) is 0 Å². The van der Waals surface area contributed by atoms with Crippen LogP contribution in [0.1, 0.15) is 32.8 Å². The number of nitrogens with zero attached hydrogens (tertiary/aromatic N) is 2. The van der Waals surface area contributed by atoms with E-state index in [-0.39, 0.29) is 0 Å². The Hall–Kier alpha value is -1.02. The number of hydrogen-bond donors (Lipinski definition) is 0. The third-order valence-corrected chi connectivity index (χ3v) is 3.37. The molecule has 1 heterocycles. The summed E-state index contributed by atoms with van der Waals surface area (Å²) in [7, 11) is 0. The van der Waals surface area contributed by atoms with Gasteiger partial charge in [0, 0.05) is 31.9 Å². The van der Waals surface area contributed by atoms with Crippen molar-refractivity contribution in [3.8, 4) is 0 Å². The molecule has 1 aromatic rings. The molecular formula is C16H28N2. The molecule has 0 aliphatic carbocycles. The zero-order valence-corrected chi connectivity index (χ0v) is 12.4. The predicted molar refractivity (Wildman–Crippen MR) is 81.5 cm³/mol. The number of para-hydroxylation sites is 1. The van der Waals surface area contributed by atoms with Crippen LogP contribution >= 0.6 is 0 Å². The van der Waals surface area contributed by atoms with Crippen molar-refractivity contribution in [2.45, 2.75) is 34.1 Å². The molecule has 0 unspecified atom stereocenters. The predicted octanol–water partition coefficient (Wildman–Crippen LogP) is 3.55. The Morgan fingerprint density at radius 1 is 1.00 bits per heavy atom. The lowest BCUT2D eigenvalue weighted by atomic mass is 10.1. The standard InChI is InChI=1S/C14H22N2.C2H6/c1-3-8-15-9-11-16(12-10-15)14-7-5-4-6-13(14)2;1-2/h4-7H,3,8-12H2,1-2H3;1-2H3. The first-order valence-corrected chi connectivity index (χ1v) is 7.34. The van der Waals surface area contributed by atoms with Gasteiger partial charge in [-0.25, -0.2) is 0 Å². The van der Waals surface area contributed by atoms with Crippen molar-refractivity contribution < 1.29 is 0 Å². The highest BCUT2D eigenvalue weighted by Crippen LogP contribution is 2.20. The van der Waals surface area contributed by atoms with Crippen molar-refractivity contribution in [2.75, 3.05) is 37.6 Å². The molecule has 1 aliphatic heterocycles. The molecule has 0 amide bonds. The van der Waals surface area contributed by atoms with Crippen molar-refractivity contribution in [2.24, 2.45) is 0 Å². The van der Waals surface area contributed by atoms with Crippen LogP contribution in [-0.4, -0.2) is 37.6 Å². The van der Waals surface area contributed by atoms with Crippen molar-refractivity contribution in [1.29, 1.82) is 0 Å². The Kier molecular flexibility index (Phi) is 6.81. The maximum atomic E-state index is 2.56. The van der Waals surface area contributed by atoms with Gasteiger partial charge < -0.3 is 4.90 Å². The SMILES string of the molecule is CC.CCCN1CCN(c2ccccc2C)CC1. The van der Waals surface area contributed by atoms with Gasteiger partial charge in [-0.1, -0.05) is 39.0 Å². The van der Waals surface area contributed by atoms with E-state index in [1.54, 1.807) is 0 Å². The third kappa shape index (κ3) is 4.02. The summed E-state index contributed by atoms with van der Waals surface area (Å²) in [4.78, 5) is 5.08. The van der Waals surface area contributed by atoms with E-state index < -0.39 is 0 Å². The number of rotatable bonds is 3. The zero-order valence-electron chi connectivity index (χ0n) is 12.4. The highest BCUT2D eigenvalue weighted by Gasteiger charge is 2.16. The van der Waals surface area contributed by atoms with Crippen LogP contribution in [0.25, 0.3) is 0 Å². The molecule has 102 valence electrons. The summed E-state index contributed by atoms with van der Waals surface area (Å²) in [5, 5.41) is 0. The second-order valence-corrected chi connectivity index (χ2v) is 4.62. The molecule has 1 aliphatic rings. The average Bonchev–Trinajstić information content (AvgIpc) is 2.43. The average molecular weight is 248 g/mol. The molecule has 2 rings (SSSR count). The Morgan fingerprint density at radius 3 is 2.17 bits per heavy atom. The first-order valence-electron chi connectivity index (χ1n) is 7.34. The van der Waals surface area contributed by atoms with Crippen LogP contribution in [0.5, 0.6) is 0 Å². The summed E-state index contributed by atoms with van der Waals surface area (Å²) in [6, 6.07) is 8.70. The van der Waals surface area contributed by atoms with Crippen molar-refractivity contribution in [3.05, 3.63) is 29.8 Å². The minimum atomic E-state index is 1.17. The summed E-state index contributed by atoms with van der Waals surface area (Å²) in [6.07, 6.45) is 1.27. The molecule has 2 nitrogen and oxygen atoms in total. The molecule has 0 atom stereocenters. The smallest absolute Gasteiger partial charge is 0.0396 e. The highest BCUT2D eigenvalue weighted by molar-refractivity contribution is 5.53. The van der Waals surface area contributed by atoms with Crippen LogP contribution in [0.3, 0.4) is 0 Å². The van der Waals surface area contributed by atoms with Gasteiger partial charge in [0.05, 0.1) is 0 Å². The molecule has 0 saturated carbocycles. The van der Waals surface area contributed by atoms with Crippen molar-refractivity contribution in [3.63, 3.8) is 0 Å². The minimum Gasteiger partial charge on any atom is -0.369 e. The Bertz CT molecular complexity index is 328. The molecule has 0 radical (unpaired) electrons. The molecule has 1 fully saturated rings. The molecular weight excluding hydrogens is 220 g/mol. The summed E-state index contributed by atoms with van der Waals surface area (Å²) < 4.78 is 0. The molecule has 1 saturated heterocycles. The Morgan fingerprint density at radius 2 is 1.61 bits per heavy atom. The Balaban J connectivity index is 0.000000771. The van der Waals surface area contributed by atoms with E-state index in [1.807, 2.05) is 13.8 Å². The van der Waals surface area contributed by atoms with Gasteiger partial charge in [-0.2, -0.15) is 0 Å². The number of anilines is 1. The van der Waals surface area contributed by atoms with Gasteiger partial charge in [-0.3, -0.25) is 4.90 Å². The van der Waals surface area contributed by atoms with E-state index >= 15 is 0 Å². The van der Waals surface area contributed by atoms with Gasteiger partial charge in [0.15, 0.2) is 0 Å². The van der Waals surface area contributed by atoms with Gasteiger partial charge in [-0.05, 0) is 31.5 Å². The molecule has 18 heavy (non-hydrogen) atoms. The van der Waals surface area contributed by atoms with E-state index in [2.05, 4.69) is 47.9 Å². The molecule has 0 aromatic heterocycles. The van der Waals surface area contributed by atoms with Crippen LogP contribution in [0.4, 0.5) is 5.69 Å². The second kappa shape index (κ2) is 8.15. The number of benzene rings is 1. The fourth-order valence-electron chi connectivity index (χ4n) is 2.45. The number of piperazine rings is 1. The topological polar surface area (TPSA) is 6.48 Å². The van der Waals surface area contributed by atoms with Gasteiger partial charge in [0.2, 0.25) is 0 Å². The van der Waals surface area contributed by atoms with Gasteiger partial charge >= 0.3 is 0 Å². The summed E-state index contributed by atoms with van der Waals surface area (Å²) in [6.45, 7) is 14.5. The summed E-state index contributed by atoms with van der Waals surface area (Å²) >= 11 is 0. The lowest BCUT2D eigenvalue weighted by Crippen LogP contribution is -2.46. The zero-order chi connectivity index (χ0) is 13.4. The highest BCUT2D eigenvalue weighted by atomic mass is 15.3. The molecule has 0 spiro atoms. The molecule has 0 bridgehead atoms. The van der Waals surface area contributed by atoms with E-state index in [4.69, 9.17) is 0 Å². The third-order valence-electron chi connectivity index (χ3n) is 3.37. The summed E-state index contributed by atoms with van der Waals surface area (Å²) in [5.41, 5.74) is 2.81. The van der Waals surface area contributed by atoms with Crippen molar-refractivity contribution >= 4 is 5.69 Å². The normalized spacial score (nSPS) is 16.1. The largest absolute Gasteiger partial charge is 0.369 e. The van der Waals surface area contributed by atoms with Crippen LogP contribution in [0, 0.1) is 6.92 Å². The lowest BCUT2D eigenvalue weighted by molar-refractivity contribution is 0.258. The van der Waals surface area contributed by atoms with E-state index in [0.717, 1.165) is 0 Å². The lowest BCUT2D eigenvalue weighted by Gasteiger charge is -2.36. The van der Waals surface area contributed by atoms with Gasteiger partial charge in [-0.15, -0.1) is 0 Å².